The monoisotopic (exact) mass is 397 g/mol. The molecule has 1 unspecified atom stereocenters. The summed E-state index contributed by atoms with van der Waals surface area (Å²) in [5, 5.41) is 5.57. The zero-order valence-corrected chi connectivity index (χ0v) is 17.0. The van der Waals surface area contributed by atoms with Crippen molar-refractivity contribution in [2.24, 2.45) is 5.41 Å². The SMILES string of the molecule is CC(=O)c1cn2c(cc1=O)-c1c3cccc(OCCF)c3nn1CC2C(C)(C)C. The zero-order chi connectivity index (χ0) is 20.9. The van der Waals surface area contributed by atoms with Crippen LogP contribution in [0.1, 0.15) is 44.1 Å². The molecule has 7 heteroatoms. The molecule has 0 aliphatic carbocycles. The zero-order valence-electron chi connectivity index (χ0n) is 17.0. The van der Waals surface area contributed by atoms with Crippen molar-refractivity contribution in [2.45, 2.75) is 40.3 Å². The van der Waals surface area contributed by atoms with Gasteiger partial charge in [-0.25, -0.2) is 4.39 Å². The molecular weight excluding hydrogens is 373 g/mol. The maximum absolute atomic E-state index is 12.6. The molecule has 152 valence electrons. The van der Waals surface area contributed by atoms with Crippen LogP contribution in [0.3, 0.4) is 0 Å². The Morgan fingerprint density at radius 2 is 2.10 bits per heavy atom. The number of pyridine rings is 1. The second-order valence-corrected chi connectivity index (χ2v) is 8.50. The molecule has 0 N–H and O–H groups in total. The third kappa shape index (κ3) is 3.14. The summed E-state index contributed by atoms with van der Waals surface area (Å²) in [6, 6.07) is 7.04. The smallest absolute Gasteiger partial charge is 0.193 e. The minimum atomic E-state index is -0.581. The number of halogens is 1. The Kier molecular flexibility index (Phi) is 4.56. The van der Waals surface area contributed by atoms with E-state index in [1.54, 1.807) is 12.3 Å². The Labute approximate surface area is 167 Å². The Hall–Kier alpha value is -2.96. The van der Waals surface area contributed by atoms with Gasteiger partial charge in [-0.05, 0) is 18.4 Å². The van der Waals surface area contributed by atoms with E-state index in [0.29, 0.717) is 17.8 Å². The highest BCUT2D eigenvalue weighted by Gasteiger charge is 2.35. The molecule has 3 aromatic rings. The van der Waals surface area contributed by atoms with Crippen LogP contribution in [-0.2, 0) is 6.54 Å². The van der Waals surface area contributed by atoms with Crippen molar-refractivity contribution in [3.63, 3.8) is 0 Å². The first-order valence-electron chi connectivity index (χ1n) is 9.68. The summed E-state index contributed by atoms with van der Waals surface area (Å²) < 4.78 is 22.1. The molecule has 0 fully saturated rings. The standard InChI is InChI=1S/C22H24FN3O3/c1-13(27)15-11-25-16(10-17(15)28)21-14-6-5-7-18(29-9-8-23)20(14)24-26(21)12-19(25)22(2,3)4/h5-7,10-11,19H,8-9,12H2,1-4H3. The first kappa shape index (κ1) is 19.4. The van der Waals surface area contributed by atoms with E-state index in [1.807, 2.05) is 21.4 Å². The third-order valence-electron chi connectivity index (χ3n) is 5.45. The molecule has 0 spiro atoms. The van der Waals surface area contributed by atoms with Crippen LogP contribution < -0.4 is 10.2 Å². The van der Waals surface area contributed by atoms with Crippen molar-refractivity contribution in [3.05, 3.63) is 46.2 Å². The summed E-state index contributed by atoms with van der Waals surface area (Å²) in [5.41, 5.74) is 1.91. The van der Waals surface area contributed by atoms with Gasteiger partial charge in [-0.1, -0.05) is 32.9 Å². The molecule has 29 heavy (non-hydrogen) atoms. The van der Waals surface area contributed by atoms with Crippen LogP contribution in [0.5, 0.6) is 5.75 Å². The van der Waals surface area contributed by atoms with Crippen LogP contribution in [-0.4, -0.2) is 33.4 Å². The molecule has 2 aromatic heterocycles. The minimum absolute atomic E-state index is 0.00628. The summed E-state index contributed by atoms with van der Waals surface area (Å²) in [7, 11) is 0. The second-order valence-electron chi connectivity index (χ2n) is 8.50. The number of ketones is 1. The summed E-state index contributed by atoms with van der Waals surface area (Å²) in [4.78, 5) is 24.6. The quantitative estimate of drug-likeness (QED) is 0.624. The van der Waals surface area contributed by atoms with Gasteiger partial charge in [0.1, 0.15) is 24.5 Å². The predicted octanol–water partition coefficient (Wildman–Crippen LogP) is 4.02. The number of aromatic nitrogens is 3. The van der Waals surface area contributed by atoms with Gasteiger partial charge in [0, 0.05) is 17.6 Å². The number of rotatable bonds is 4. The molecule has 1 aliphatic rings. The van der Waals surface area contributed by atoms with E-state index in [9.17, 15) is 14.0 Å². The Morgan fingerprint density at radius 3 is 2.76 bits per heavy atom. The van der Waals surface area contributed by atoms with E-state index < -0.39 is 6.67 Å². The van der Waals surface area contributed by atoms with Crippen molar-refractivity contribution in [1.82, 2.24) is 14.3 Å². The average molecular weight is 397 g/mol. The number of Topliss-reactive ketones (excluding diaryl/α,β-unsaturated/α-hetero) is 1. The molecule has 4 rings (SSSR count). The third-order valence-corrected chi connectivity index (χ3v) is 5.45. The van der Waals surface area contributed by atoms with Gasteiger partial charge in [-0.15, -0.1) is 0 Å². The summed E-state index contributed by atoms with van der Waals surface area (Å²) in [5.74, 6) is 0.271. The Morgan fingerprint density at radius 1 is 1.34 bits per heavy atom. The van der Waals surface area contributed by atoms with Crippen LogP contribution >= 0.6 is 0 Å². The van der Waals surface area contributed by atoms with Gasteiger partial charge in [-0.2, -0.15) is 5.10 Å². The fourth-order valence-electron chi connectivity index (χ4n) is 4.00. The van der Waals surface area contributed by atoms with Gasteiger partial charge in [-0.3, -0.25) is 14.3 Å². The van der Waals surface area contributed by atoms with E-state index in [2.05, 4.69) is 20.8 Å². The first-order valence-corrected chi connectivity index (χ1v) is 9.68. The lowest BCUT2D eigenvalue weighted by Crippen LogP contribution is -2.35. The lowest BCUT2D eigenvalue weighted by Gasteiger charge is -2.38. The van der Waals surface area contributed by atoms with Crippen LogP contribution in [0, 0.1) is 5.41 Å². The first-order chi connectivity index (χ1) is 13.7. The number of alkyl halides is 1. The fourth-order valence-corrected chi connectivity index (χ4v) is 4.00. The normalized spacial score (nSPS) is 15.8. The van der Waals surface area contributed by atoms with Crippen molar-refractivity contribution in [2.75, 3.05) is 13.3 Å². The lowest BCUT2D eigenvalue weighted by atomic mass is 9.84. The number of fused-ring (bicyclic) bond motifs is 5. The molecule has 1 aromatic carbocycles. The van der Waals surface area contributed by atoms with E-state index in [1.165, 1.54) is 13.0 Å². The predicted molar refractivity (Wildman–Crippen MR) is 109 cm³/mol. The molecule has 0 amide bonds. The van der Waals surface area contributed by atoms with Crippen LogP contribution in [0.4, 0.5) is 4.39 Å². The Balaban J connectivity index is 2.01. The number of carbonyl (C=O) groups is 1. The van der Waals surface area contributed by atoms with E-state index in [-0.39, 0.29) is 34.8 Å². The number of benzene rings is 1. The maximum atomic E-state index is 12.6. The highest BCUT2D eigenvalue weighted by molar-refractivity contribution is 5.97. The molecule has 1 aliphatic heterocycles. The van der Waals surface area contributed by atoms with Gasteiger partial charge in [0.25, 0.3) is 0 Å². The number of hydrogen-bond donors (Lipinski definition) is 0. The number of nitrogens with zero attached hydrogens (tertiary/aromatic N) is 3. The van der Waals surface area contributed by atoms with Gasteiger partial charge in [0.15, 0.2) is 11.2 Å². The van der Waals surface area contributed by atoms with Gasteiger partial charge in [0.05, 0.1) is 29.5 Å². The molecule has 0 saturated heterocycles. The van der Waals surface area contributed by atoms with Crippen LogP contribution in [0.2, 0.25) is 0 Å². The molecule has 3 heterocycles. The lowest BCUT2D eigenvalue weighted by molar-refractivity contribution is 0.101. The van der Waals surface area contributed by atoms with Gasteiger partial charge < -0.3 is 9.30 Å². The summed E-state index contributed by atoms with van der Waals surface area (Å²) in [6.45, 7) is 7.74. The molecule has 1 atom stereocenters. The van der Waals surface area contributed by atoms with Crippen molar-refractivity contribution in [3.8, 4) is 17.1 Å². The van der Waals surface area contributed by atoms with Crippen molar-refractivity contribution < 1.29 is 13.9 Å². The molecule has 0 bridgehead atoms. The fraction of sp³-hybridized carbons (Fsp3) is 0.409. The van der Waals surface area contributed by atoms with Crippen LogP contribution in [0.15, 0.2) is 35.3 Å². The van der Waals surface area contributed by atoms with Crippen LogP contribution in [0.25, 0.3) is 22.3 Å². The van der Waals surface area contributed by atoms with Gasteiger partial charge in [0.2, 0.25) is 0 Å². The largest absolute Gasteiger partial charge is 0.489 e. The number of hydrogen-bond acceptors (Lipinski definition) is 4. The maximum Gasteiger partial charge on any atom is 0.193 e. The number of ether oxygens (including phenoxy) is 1. The second kappa shape index (κ2) is 6.83. The molecule has 0 radical (unpaired) electrons. The van der Waals surface area contributed by atoms with Gasteiger partial charge >= 0.3 is 0 Å². The summed E-state index contributed by atoms with van der Waals surface area (Å²) in [6.07, 6.45) is 1.68. The highest BCUT2D eigenvalue weighted by Crippen LogP contribution is 2.42. The molecular formula is C22H24FN3O3. The molecule has 0 saturated carbocycles. The van der Waals surface area contributed by atoms with Crippen molar-refractivity contribution in [1.29, 1.82) is 0 Å². The highest BCUT2D eigenvalue weighted by atomic mass is 19.1. The Bertz CT molecular complexity index is 1170. The summed E-state index contributed by atoms with van der Waals surface area (Å²) >= 11 is 0. The van der Waals surface area contributed by atoms with E-state index in [0.717, 1.165) is 16.8 Å². The van der Waals surface area contributed by atoms with E-state index >= 15 is 0 Å². The average Bonchev–Trinajstić information content (AvgIpc) is 3.03. The number of carbonyl (C=O) groups excluding carboxylic acids is 1. The topological polar surface area (TPSA) is 66.1 Å². The molecule has 6 nitrogen and oxygen atoms in total. The van der Waals surface area contributed by atoms with E-state index in [4.69, 9.17) is 9.84 Å². The van der Waals surface area contributed by atoms with Crippen molar-refractivity contribution >= 4 is 16.7 Å². The minimum Gasteiger partial charge on any atom is -0.489 e.